The van der Waals surface area contributed by atoms with Crippen LogP contribution in [0.25, 0.3) is 0 Å². The number of benzene rings is 1. The van der Waals surface area contributed by atoms with Crippen molar-refractivity contribution in [3.63, 3.8) is 0 Å². The Labute approximate surface area is 150 Å². The second-order valence-corrected chi connectivity index (χ2v) is 7.83. The summed E-state index contributed by atoms with van der Waals surface area (Å²) in [6, 6.07) is 7.53. The first-order valence-corrected chi connectivity index (χ1v) is 9.73. The Morgan fingerprint density at radius 2 is 2.08 bits per heavy atom. The number of aromatic amines is 1. The van der Waals surface area contributed by atoms with E-state index >= 15 is 0 Å². The summed E-state index contributed by atoms with van der Waals surface area (Å²) in [5.74, 6) is 2.58. The summed E-state index contributed by atoms with van der Waals surface area (Å²) in [5.41, 5.74) is 3.20. The van der Waals surface area contributed by atoms with E-state index in [4.69, 9.17) is 11.6 Å². The number of H-pyrrole nitrogens is 1. The third kappa shape index (κ3) is 3.39. The van der Waals surface area contributed by atoms with E-state index in [1.165, 1.54) is 12.8 Å². The van der Waals surface area contributed by atoms with Gasteiger partial charge in [0.15, 0.2) is 5.69 Å². The van der Waals surface area contributed by atoms with Crippen LogP contribution in [0, 0.1) is 0 Å². The molecule has 4 rings (SSSR count). The van der Waals surface area contributed by atoms with Gasteiger partial charge in [0.05, 0.1) is 10.7 Å². The van der Waals surface area contributed by atoms with E-state index in [1.807, 2.05) is 36.0 Å². The number of hydrogen-bond donors (Lipinski definition) is 2. The maximum Gasteiger partial charge on any atom is 0.276 e. The van der Waals surface area contributed by atoms with Crippen LogP contribution >= 0.6 is 23.4 Å². The molecule has 2 fully saturated rings. The molecule has 5 nitrogen and oxygen atoms in total. The Hall–Kier alpha value is -1.66. The van der Waals surface area contributed by atoms with Crippen LogP contribution in [0.1, 0.15) is 34.9 Å². The highest BCUT2D eigenvalue weighted by molar-refractivity contribution is 7.99. The van der Waals surface area contributed by atoms with Crippen molar-refractivity contribution in [2.45, 2.75) is 18.8 Å². The Morgan fingerprint density at radius 3 is 2.79 bits per heavy atom. The van der Waals surface area contributed by atoms with Crippen molar-refractivity contribution in [2.24, 2.45) is 0 Å². The molecule has 2 aliphatic rings. The number of rotatable bonds is 4. The van der Waals surface area contributed by atoms with Crippen LogP contribution in [0.5, 0.6) is 0 Å². The zero-order valence-electron chi connectivity index (χ0n) is 13.2. The van der Waals surface area contributed by atoms with Crippen molar-refractivity contribution >= 4 is 40.6 Å². The van der Waals surface area contributed by atoms with Gasteiger partial charge in [0.25, 0.3) is 5.91 Å². The predicted octanol–water partition coefficient (Wildman–Crippen LogP) is 3.75. The molecule has 7 heteroatoms. The Kier molecular flexibility index (Phi) is 4.41. The maximum atomic E-state index is 12.3. The molecule has 2 aromatic rings. The summed E-state index contributed by atoms with van der Waals surface area (Å²) < 4.78 is 0. The number of carbonyl (C=O) groups excluding carboxylic acids is 1. The lowest BCUT2D eigenvalue weighted by Crippen LogP contribution is -2.32. The Bertz CT molecular complexity index is 753. The highest BCUT2D eigenvalue weighted by Crippen LogP contribution is 2.39. The number of nitrogens with one attached hydrogen (secondary N) is 2. The van der Waals surface area contributed by atoms with Crippen LogP contribution in [0.2, 0.25) is 5.02 Å². The SMILES string of the molecule is O=C(Nc1ccc(N2CCSCC2)c(Cl)c1)c1cc(C2CC2)[nH]n1. The highest BCUT2D eigenvalue weighted by Gasteiger charge is 2.26. The molecule has 2 heterocycles. The molecule has 126 valence electrons. The fourth-order valence-electron chi connectivity index (χ4n) is 2.90. The minimum Gasteiger partial charge on any atom is -0.369 e. The van der Waals surface area contributed by atoms with Crippen molar-refractivity contribution < 1.29 is 4.79 Å². The molecule has 0 bridgehead atoms. The minimum atomic E-state index is -0.212. The quantitative estimate of drug-likeness (QED) is 0.869. The minimum absolute atomic E-state index is 0.212. The fourth-order valence-corrected chi connectivity index (χ4v) is 4.10. The number of amides is 1. The molecular weight excluding hydrogens is 344 g/mol. The van der Waals surface area contributed by atoms with E-state index in [-0.39, 0.29) is 5.91 Å². The van der Waals surface area contributed by atoms with E-state index in [9.17, 15) is 4.79 Å². The first-order valence-electron chi connectivity index (χ1n) is 8.19. The van der Waals surface area contributed by atoms with Gasteiger partial charge in [-0.15, -0.1) is 0 Å². The summed E-state index contributed by atoms with van der Waals surface area (Å²) in [5, 5.41) is 10.6. The first kappa shape index (κ1) is 15.8. The zero-order valence-corrected chi connectivity index (χ0v) is 14.8. The van der Waals surface area contributed by atoms with Crippen molar-refractivity contribution in [2.75, 3.05) is 34.8 Å². The van der Waals surface area contributed by atoms with Gasteiger partial charge in [0, 0.05) is 41.9 Å². The number of anilines is 2. The van der Waals surface area contributed by atoms with E-state index in [1.54, 1.807) is 0 Å². The van der Waals surface area contributed by atoms with E-state index in [0.29, 0.717) is 22.3 Å². The molecule has 1 aliphatic heterocycles. The van der Waals surface area contributed by atoms with Crippen LogP contribution in [0.4, 0.5) is 11.4 Å². The summed E-state index contributed by atoms with van der Waals surface area (Å²) in [6.07, 6.45) is 2.35. The fraction of sp³-hybridized carbons (Fsp3) is 0.412. The van der Waals surface area contributed by atoms with Crippen molar-refractivity contribution in [3.8, 4) is 0 Å². The average Bonchev–Trinajstić information content (AvgIpc) is 3.32. The molecule has 0 unspecified atom stereocenters. The lowest BCUT2D eigenvalue weighted by Gasteiger charge is -2.29. The van der Waals surface area contributed by atoms with Gasteiger partial charge in [0.2, 0.25) is 0 Å². The Morgan fingerprint density at radius 1 is 1.29 bits per heavy atom. The summed E-state index contributed by atoms with van der Waals surface area (Å²) in [4.78, 5) is 14.6. The number of nitrogens with zero attached hydrogens (tertiary/aromatic N) is 2. The molecule has 24 heavy (non-hydrogen) atoms. The van der Waals surface area contributed by atoms with Gasteiger partial charge in [-0.05, 0) is 37.1 Å². The second-order valence-electron chi connectivity index (χ2n) is 6.20. The smallest absolute Gasteiger partial charge is 0.276 e. The van der Waals surface area contributed by atoms with Crippen molar-refractivity contribution in [1.82, 2.24) is 10.2 Å². The van der Waals surface area contributed by atoms with E-state index in [0.717, 1.165) is 36.0 Å². The van der Waals surface area contributed by atoms with Crippen molar-refractivity contribution in [3.05, 3.63) is 40.7 Å². The molecule has 1 aromatic carbocycles. The lowest BCUT2D eigenvalue weighted by molar-refractivity contribution is 0.102. The number of carbonyl (C=O) groups is 1. The highest BCUT2D eigenvalue weighted by atomic mass is 35.5. The van der Waals surface area contributed by atoms with Crippen LogP contribution in [0.15, 0.2) is 24.3 Å². The summed E-state index contributed by atoms with van der Waals surface area (Å²) in [6.45, 7) is 2.01. The molecule has 1 saturated heterocycles. The topological polar surface area (TPSA) is 61.0 Å². The van der Waals surface area contributed by atoms with Gasteiger partial charge in [-0.1, -0.05) is 11.6 Å². The van der Waals surface area contributed by atoms with E-state index < -0.39 is 0 Å². The number of thioether (sulfide) groups is 1. The van der Waals surface area contributed by atoms with Gasteiger partial charge in [-0.3, -0.25) is 9.89 Å². The third-order valence-electron chi connectivity index (χ3n) is 4.40. The van der Waals surface area contributed by atoms with Gasteiger partial charge >= 0.3 is 0 Å². The zero-order chi connectivity index (χ0) is 16.5. The van der Waals surface area contributed by atoms with Gasteiger partial charge < -0.3 is 10.2 Å². The maximum absolute atomic E-state index is 12.3. The molecule has 1 amide bonds. The van der Waals surface area contributed by atoms with Crippen molar-refractivity contribution in [1.29, 1.82) is 0 Å². The number of aromatic nitrogens is 2. The van der Waals surface area contributed by atoms with Crippen LogP contribution in [-0.4, -0.2) is 40.7 Å². The normalized spacial score (nSPS) is 17.8. The molecule has 0 radical (unpaired) electrons. The summed E-state index contributed by atoms with van der Waals surface area (Å²) >= 11 is 8.39. The standard InChI is InChI=1S/C17H19ClN4OS/c18-13-9-12(3-4-16(13)22-5-7-24-8-6-22)19-17(23)15-10-14(20-21-15)11-1-2-11/h3-4,9-11H,1-2,5-8H2,(H,19,23)(H,20,21). The van der Waals surface area contributed by atoms with Crippen LogP contribution < -0.4 is 10.2 Å². The Balaban J connectivity index is 1.45. The largest absolute Gasteiger partial charge is 0.369 e. The van der Waals surface area contributed by atoms with Gasteiger partial charge in [-0.25, -0.2) is 0 Å². The molecule has 0 atom stereocenters. The first-order chi connectivity index (χ1) is 11.7. The predicted molar refractivity (Wildman–Crippen MR) is 99.5 cm³/mol. The second kappa shape index (κ2) is 6.69. The molecule has 2 N–H and O–H groups in total. The number of hydrogen-bond acceptors (Lipinski definition) is 4. The van der Waals surface area contributed by atoms with Gasteiger partial charge in [-0.2, -0.15) is 16.9 Å². The molecular formula is C17H19ClN4OS. The lowest BCUT2D eigenvalue weighted by atomic mass is 10.2. The molecule has 0 spiro atoms. The summed E-state index contributed by atoms with van der Waals surface area (Å²) in [7, 11) is 0. The van der Waals surface area contributed by atoms with Crippen LogP contribution in [-0.2, 0) is 0 Å². The third-order valence-corrected chi connectivity index (χ3v) is 5.65. The molecule has 1 aromatic heterocycles. The number of halogens is 1. The van der Waals surface area contributed by atoms with Crippen LogP contribution in [0.3, 0.4) is 0 Å². The van der Waals surface area contributed by atoms with Gasteiger partial charge in [0.1, 0.15) is 0 Å². The molecule has 1 saturated carbocycles. The molecule has 1 aliphatic carbocycles. The monoisotopic (exact) mass is 362 g/mol. The average molecular weight is 363 g/mol. The van der Waals surface area contributed by atoms with E-state index in [2.05, 4.69) is 20.4 Å².